The van der Waals surface area contributed by atoms with Crippen LogP contribution in [0.15, 0.2) is 121 Å². The molecule has 10 nitrogen and oxygen atoms in total. The van der Waals surface area contributed by atoms with Crippen molar-refractivity contribution in [3.05, 3.63) is 160 Å². The third-order valence-electron chi connectivity index (χ3n) is 13.7. The quantitative estimate of drug-likeness (QED) is 0.0667. The van der Waals surface area contributed by atoms with E-state index in [1.807, 2.05) is 54.6 Å². The van der Waals surface area contributed by atoms with Crippen LogP contribution in [-0.4, -0.2) is 73.6 Å². The number of H-pyrrole nitrogens is 1. The first kappa shape index (κ1) is 45.7. The van der Waals surface area contributed by atoms with Crippen LogP contribution in [0, 0.1) is 0 Å². The Morgan fingerprint density at radius 2 is 1.54 bits per heavy atom. The van der Waals surface area contributed by atoms with E-state index >= 15 is 0 Å². The summed E-state index contributed by atoms with van der Waals surface area (Å²) in [6, 6.07) is 38.0. The number of aliphatic hydroxyl groups excluding tert-OH is 1. The lowest BCUT2D eigenvalue weighted by Crippen LogP contribution is -2.43. The molecule has 0 amide bonds. The first-order valence-electron chi connectivity index (χ1n) is 24.0. The molecule has 348 valence electrons. The number of rotatable bonds is 18. The summed E-state index contributed by atoms with van der Waals surface area (Å²) in [5, 5.41) is 24.6. The van der Waals surface area contributed by atoms with Crippen LogP contribution in [0.25, 0.3) is 17.2 Å². The van der Waals surface area contributed by atoms with E-state index in [2.05, 4.69) is 64.6 Å². The number of anilines is 1. The third-order valence-corrected chi connectivity index (χ3v) is 13.7. The highest BCUT2D eigenvalue weighted by Gasteiger charge is 2.38. The molecule has 0 radical (unpaired) electrons. The molecule has 1 saturated carbocycles. The van der Waals surface area contributed by atoms with E-state index < -0.39 is 12.2 Å². The van der Waals surface area contributed by atoms with Gasteiger partial charge in [0.05, 0.1) is 32.8 Å². The SMILES string of the molecule is COc1c(OCCc2ccccc2)c(CCc2cccc(-c3cc(C4(C)CCCC4)[nH]c3N3CCNCC3)c2)c2c(c1OCCC(O)C=Cc1ccccc1)C(=O)CC(c1ccc(O)cc1)O2. The molecule has 2 aliphatic heterocycles. The van der Waals surface area contributed by atoms with Gasteiger partial charge >= 0.3 is 0 Å². The van der Waals surface area contributed by atoms with Gasteiger partial charge in [0.25, 0.3) is 0 Å². The Bertz CT molecular complexity index is 2630. The number of aromatic hydroxyl groups is 1. The van der Waals surface area contributed by atoms with Gasteiger partial charge in [0.2, 0.25) is 5.75 Å². The van der Waals surface area contributed by atoms with Gasteiger partial charge in [-0.2, -0.15) is 0 Å². The van der Waals surface area contributed by atoms with Gasteiger partial charge in [0.15, 0.2) is 17.3 Å². The fraction of sp³-hybridized carbons (Fsp3) is 0.351. The van der Waals surface area contributed by atoms with Crippen LogP contribution in [-0.2, 0) is 24.7 Å². The standard InChI is InChI=1S/C57H63N3O7/c1-57(28-9-10-29-57)50-37-47(56(59-50)60-32-30-58-31-33-60)43-17-11-16-41(36-43)19-25-46-52-51(48(63)38-49(67-52)42-20-23-44(61)24-21-42)54(66-35-27-45(62)22-18-39-12-5-3-6-13-39)55(64-2)53(46)65-34-26-40-14-7-4-8-15-40/h3-8,11-18,20-24,36-37,45,49,58-59,61-62H,9-10,19,25-35,38H2,1-2H3. The maximum atomic E-state index is 14.6. The molecule has 3 heterocycles. The minimum atomic E-state index is -0.791. The summed E-state index contributed by atoms with van der Waals surface area (Å²) < 4.78 is 26.5. The minimum Gasteiger partial charge on any atom is -0.508 e. The predicted octanol–water partition coefficient (Wildman–Crippen LogP) is 10.6. The number of nitrogens with one attached hydrogen (secondary N) is 2. The topological polar surface area (TPSA) is 126 Å². The van der Waals surface area contributed by atoms with Crippen LogP contribution in [0.1, 0.15) is 95.4 Å². The molecule has 2 unspecified atom stereocenters. The van der Waals surface area contributed by atoms with E-state index in [9.17, 15) is 15.0 Å². The molecule has 5 aromatic carbocycles. The van der Waals surface area contributed by atoms with Crippen molar-refractivity contribution < 1.29 is 34.0 Å². The third kappa shape index (κ3) is 10.6. The van der Waals surface area contributed by atoms with Gasteiger partial charge < -0.3 is 44.4 Å². The number of phenolic OH excluding ortho intramolecular Hbond substituents is 1. The van der Waals surface area contributed by atoms with Gasteiger partial charge in [-0.1, -0.05) is 129 Å². The number of hydrogen-bond acceptors (Lipinski definition) is 9. The van der Waals surface area contributed by atoms with Crippen molar-refractivity contribution in [2.45, 2.75) is 82.3 Å². The molecule has 1 saturated heterocycles. The number of hydrogen-bond donors (Lipinski definition) is 4. The molecular weight excluding hydrogens is 839 g/mol. The lowest BCUT2D eigenvalue weighted by molar-refractivity contribution is 0.0835. The second kappa shape index (κ2) is 21.0. The van der Waals surface area contributed by atoms with E-state index in [0.29, 0.717) is 48.7 Å². The number of piperazine rings is 1. The Kier molecular flexibility index (Phi) is 14.3. The second-order valence-electron chi connectivity index (χ2n) is 18.4. The van der Waals surface area contributed by atoms with Gasteiger partial charge in [0.1, 0.15) is 29.0 Å². The van der Waals surface area contributed by atoms with Crippen LogP contribution in [0.4, 0.5) is 5.82 Å². The highest BCUT2D eigenvalue weighted by molar-refractivity contribution is 6.04. The molecule has 4 N–H and O–H groups in total. The summed E-state index contributed by atoms with van der Waals surface area (Å²) in [7, 11) is 1.57. The number of methoxy groups -OCH3 is 1. The maximum absolute atomic E-state index is 14.6. The molecule has 10 heteroatoms. The number of phenols is 1. The summed E-state index contributed by atoms with van der Waals surface area (Å²) in [5.41, 5.74) is 8.89. The zero-order valence-electron chi connectivity index (χ0n) is 38.8. The number of carbonyl (C=O) groups is 1. The van der Waals surface area contributed by atoms with Crippen LogP contribution in [0.3, 0.4) is 0 Å². The Labute approximate surface area is 394 Å². The second-order valence-corrected chi connectivity index (χ2v) is 18.4. The molecule has 9 rings (SSSR count). The van der Waals surface area contributed by atoms with Crippen LogP contribution in [0.5, 0.6) is 28.7 Å². The fourth-order valence-electron chi connectivity index (χ4n) is 9.92. The number of Topliss-reactive ketones (excluding diaryl/α,β-unsaturated/α-hetero) is 1. The smallest absolute Gasteiger partial charge is 0.204 e. The van der Waals surface area contributed by atoms with Crippen molar-refractivity contribution in [3.63, 3.8) is 0 Å². The first-order chi connectivity index (χ1) is 32.8. The zero-order chi connectivity index (χ0) is 46.2. The largest absolute Gasteiger partial charge is 0.508 e. The number of aromatic nitrogens is 1. The molecular formula is C57H63N3O7. The van der Waals surface area contributed by atoms with Gasteiger partial charge in [-0.25, -0.2) is 0 Å². The Morgan fingerprint density at radius 1 is 0.821 bits per heavy atom. The van der Waals surface area contributed by atoms with E-state index in [1.54, 1.807) is 37.5 Å². The van der Waals surface area contributed by atoms with E-state index in [0.717, 1.165) is 59.6 Å². The average molecular weight is 902 g/mol. The number of aromatic amines is 1. The number of ether oxygens (including phenoxy) is 4. The summed E-state index contributed by atoms with van der Waals surface area (Å²) in [6.45, 7) is 6.63. The van der Waals surface area contributed by atoms with Gasteiger partial charge in [-0.05, 0) is 71.7 Å². The number of ketones is 1. The predicted molar refractivity (Wildman–Crippen MR) is 265 cm³/mol. The van der Waals surface area contributed by atoms with Gasteiger partial charge in [-0.3, -0.25) is 4.79 Å². The monoisotopic (exact) mass is 901 g/mol. The number of carbonyl (C=O) groups excluding carboxylic acids is 1. The maximum Gasteiger partial charge on any atom is 0.204 e. The van der Waals surface area contributed by atoms with Crippen LogP contribution >= 0.6 is 0 Å². The molecule has 0 spiro atoms. The normalized spacial score (nSPS) is 17.3. The molecule has 1 aliphatic carbocycles. The number of aryl methyl sites for hydroxylation is 1. The van der Waals surface area contributed by atoms with Crippen molar-refractivity contribution in [3.8, 4) is 39.9 Å². The molecule has 3 aliphatic rings. The highest BCUT2D eigenvalue weighted by atomic mass is 16.5. The van der Waals surface area contributed by atoms with Crippen LogP contribution < -0.4 is 29.2 Å². The number of benzene rings is 5. The van der Waals surface area contributed by atoms with Crippen molar-refractivity contribution >= 4 is 17.7 Å². The van der Waals surface area contributed by atoms with E-state index in [1.165, 1.54) is 42.8 Å². The first-order valence-corrected chi connectivity index (χ1v) is 24.0. The minimum absolute atomic E-state index is 0.0581. The summed E-state index contributed by atoms with van der Waals surface area (Å²) in [4.78, 5) is 21.0. The van der Waals surface area contributed by atoms with E-state index in [-0.39, 0.29) is 42.1 Å². The number of fused-ring (bicyclic) bond motifs is 1. The van der Waals surface area contributed by atoms with Crippen molar-refractivity contribution in [1.29, 1.82) is 0 Å². The summed E-state index contributed by atoms with van der Waals surface area (Å²) in [5.74, 6) is 2.60. The molecule has 6 aromatic rings. The van der Waals surface area contributed by atoms with Crippen molar-refractivity contribution in [2.24, 2.45) is 0 Å². The van der Waals surface area contributed by atoms with Crippen LogP contribution in [0.2, 0.25) is 0 Å². The average Bonchev–Trinajstić information content (AvgIpc) is 4.03. The van der Waals surface area contributed by atoms with Crippen molar-refractivity contribution in [2.75, 3.05) is 51.4 Å². The number of nitrogens with zero attached hydrogens (tertiary/aromatic N) is 1. The zero-order valence-corrected chi connectivity index (χ0v) is 38.8. The van der Waals surface area contributed by atoms with Crippen molar-refractivity contribution in [1.82, 2.24) is 10.3 Å². The molecule has 2 fully saturated rings. The summed E-state index contributed by atoms with van der Waals surface area (Å²) >= 11 is 0. The highest BCUT2D eigenvalue weighted by Crippen LogP contribution is 2.53. The summed E-state index contributed by atoms with van der Waals surface area (Å²) in [6.07, 6.45) is 9.18. The molecule has 2 atom stereocenters. The Hall–Kier alpha value is -6.49. The van der Waals surface area contributed by atoms with Gasteiger partial charge in [0, 0.05) is 61.3 Å². The fourth-order valence-corrected chi connectivity index (χ4v) is 9.92. The molecule has 1 aromatic heterocycles. The van der Waals surface area contributed by atoms with Gasteiger partial charge in [-0.15, -0.1) is 0 Å². The Morgan fingerprint density at radius 3 is 2.28 bits per heavy atom. The molecule has 0 bridgehead atoms. The number of aliphatic hydroxyl groups is 1. The Balaban J connectivity index is 1.08. The lowest BCUT2D eigenvalue weighted by atomic mass is 9.85. The molecule has 67 heavy (non-hydrogen) atoms. The van der Waals surface area contributed by atoms with E-state index in [4.69, 9.17) is 18.9 Å². The lowest BCUT2D eigenvalue weighted by Gasteiger charge is -2.31.